The highest BCUT2D eigenvalue weighted by Gasteiger charge is 2.25. The zero-order chi connectivity index (χ0) is 17.7. The molecule has 2 amide bonds. The van der Waals surface area contributed by atoms with Crippen LogP contribution in [0.25, 0.3) is 0 Å². The Balaban J connectivity index is 2.07. The van der Waals surface area contributed by atoms with Crippen molar-refractivity contribution in [1.29, 1.82) is 0 Å². The Morgan fingerprint density at radius 3 is 2.75 bits per heavy atom. The van der Waals surface area contributed by atoms with Gasteiger partial charge in [0.2, 0.25) is 11.8 Å². The van der Waals surface area contributed by atoms with Crippen molar-refractivity contribution >= 4 is 11.8 Å². The summed E-state index contributed by atoms with van der Waals surface area (Å²) in [6, 6.07) is 2.27. The first-order chi connectivity index (χ1) is 11.4. The Morgan fingerprint density at radius 1 is 1.38 bits per heavy atom. The van der Waals surface area contributed by atoms with Crippen molar-refractivity contribution in [3.05, 3.63) is 35.4 Å². The molecule has 0 radical (unpaired) electrons. The van der Waals surface area contributed by atoms with E-state index in [1.54, 1.807) is 0 Å². The van der Waals surface area contributed by atoms with E-state index in [1.807, 2.05) is 0 Å². The molecule has 0 aromatic heterocycles. The zero-order valence-electron chi connectivity index (χ0n) is 13.9. The van der Waals surface area contributed by atoms with E-state index >= 15 is 0 Å². The smallest absolute Gasteiger partial charge is 0.222 e. The lowest BCUT2D eigenvalue weighted by molar-refractivity contribution is -0.123. The minimum Gasteiger partial charge on any atom is -0.352 e. The highest BCUT2D eigenvalue weighted by atomic mass is 19.1. The fourth-order valence-electron chi connectivity index (χ4n) is 2.90. The van der Waals surface area contributed by atoms with Gasteiger partial charge in [0.05, 0.1) is 12.5 Å². The largest absolute Gasteiger partial charge is 0.352 e. The molecule has 24 heavy (non-hydrogen) atoms. The number of hydrogen-bond acceptors (Lipinski definition) is 3. The van der Waals surface area contributed by atoms with Crippen molar-refractivity contribution in [3.8, 4) is 0 Å². The van der Waals surface area contributed by atoms with Crippen molar-refractivity contribution < 1.29 is 18.4 Å². The lowest BCUT2D eigenvalue weighted by Crippen LogP contribution is -2.50. The first-order valence-electron chi connectivity index (χ1n) is 8.09. The molecule has 0 saturated carbocycles. The Morgan fingerprint density at radius 2 is 2.12 bits per heavy atom. The summed E-state index contributed by atoms with van der Waals surface area (Å²) in [6.07, 6.45) is 0.859. The molecule has 3 atom stereocenters. The minimum atomic E-state index is -0.838. The third-order valence-electron chi connectivity index (χ3n) is 4.28. The molecule has 1 aromatic rings. The molecule has 1 aliphatic heterocycles. The van der Waals surface area contributed by atoms with Gasteiger partial charge in [-0.1, -0.05) is 13.0 Å². The Bertz CT molecular complexity index is 609. The van der Waals surface area contributed by atoms with Gasteiger partial charge in [0.25, 0.3) is 0 Å². The quantitative estimate of drug-likeness (QED) is 0.764. The fourth-order valence-corrected chi connectivity index (χ4v) is 2.90. The maximum Gasteiger partial charge on any atom is 0.222 e. The first kappa shape index (κ1) is 18.3. The van der Waals surface area contributed by atoms with E-state index in [-0.39, 0.29) is 29.8 Å². The van der Waals surface area contributed by atoms with E-state index in [1.165, 1.54) is 13.0 Å². The van der Waals surface area contributed by atoms with E-state index in [9.17, 15) is 18.4 Å². The van der Waals surface area contributed by atoms with Crippen LogP contribution in [0, 0.1) is 17.6 Å². The molecule has 0 aliphatic carbocycles. The second kappa shape index (κ2) is 8.19. The normalized spacial score (nSPS) is 21.8. The van der Waals surface area contributed by atoms with Gasteiger partial charge in [0.15, 0.2) is 0 Å². The second-order valence-electron chi connectivity index (χ2n) is 6.27. The van der Waals surface area contributed by atoms with Gasteiger partial charge in [-0.05, 0) is 24.9 Å². The summed E-state index contributed by atoms with van der Waals surface area (Å²) < 4.78 is 27.1. The van der Waals surface area contributed by atoms with Crippen molar-refractivity contribution in [2.24, 2.45) is 5.92 Å². The van der Waals surface area contributed by atoms with Gasteiger partial charge in [0, 0.05) is 31.1 Å². The summed E-state index contributed by atoms with van der Waals surface area (Å²) in [5.41, 5.74) is 0.0940. The first-order valence-corrected chi connectivity index (χ1v) is 8.09. The molecule has 1 aromatic carbocycles. The highest BCUT2D eigenvalue weighted by molar-refractivity contribution is 5.79. The summed E-state index contributed by atoms with van der Waals surface area (Å²) in [5.74, 6) is -1.81. The molecule has 1 heterocycles. The number of halogens is 2. The van der Waals surface area contributed by atoms with Crippen LogP contribution in [0.1, 0.15) is 38.3 Å². The molecule has 0 bridgehead atoms. The van der Waals surface area contributed by atoms with Crippen LogP contribution in [0.4, 0.5) is 8.78 Å². The van der Waals surface area contributed by atoms with Gasteiger partial charge < -0.3 is 16.0 Å². The topological polar surface area (TPSA) is 70.2 Å². The summed E-state index contributed by atoms with van der Waals surface area (Å²) >= 11 is 0. The predicted octanol–water partition coefficient (Wildman–Crippen LogP) is 1.65. The molecule has 1 fully saturated rings. The summed E-state index contributed by atoms with van der Waals surface area (Å²) in [7, 11) is 0. The van der Waals surface area contributed by atoms with Crippen LogP contribution in [0.2, 0.25) is 0 Å². The van der Waals surface area contributed by atoms with Crippen molar-refractivity contribution in [1.82, 2.24) is 16.0 Å². The number of carbonyl (C=O) groups is 2. The monoisotopic (exact) mass is 339 g/mol. The van der Waals surface area contributed by atoms with E-state index in [4.69, 9.17) is 0 Å². The maximum absolute atomic E-state index is 14.0. The molecule has 3 N–H and O–H groups in total. The highest BCUT2D eigenvalue weighted by Crippen LogP contribution is 2.22. The van der Waals surface area contributed by atoms with Crippen molar-refractivity contribution in [3.63, 3.8) is 0 Å². The van der Waals surface area contributed by atoms with Crippen LogP contribution in [0.5, 0.6) is 0 Å². The fraction of sp³-hybridized carbons (Fsp3) is 0.529. The standard InChI is InChI=1S/C17H23F2N3O2/c1-10-5-6-20-9-16(10)22-17(24)8-15(21-11(2)23)13-4-3-12(18)7-14(13)19/h3-4,7,10,15-16,20H,5-6,8-9H2,1-2H3,(H,21,23)(H,22,24). The summed E-state index contributed by atoms with van der Waals surface area (Å²) in [6.45, 7) is 4.96. The lowest BCUT2D eigenvalue weighted by atomic mass is 9.94. The van der Waals surface area contributed by atoms with E-state index in [2.05, 4.69) is 22.9 Å². The number of amides is 2. The number of piperidine rings is 1. The Kier molecular flexibility index (Phi) is 6.25. The number of hydrogen-bond donors (Lipinski definition) is 3. The van der Waals surface area contributed by atoms with Gasteiger partial charge in [0.1, 0.15) is 11.6 Å². The average molecular weight is 339 g/mol. The average Bonchev–Trinajstić information content (AvgIpc) is 2.48. The van der Waals surface area contributed by atoms with Crippen molar-refractivity contribution in [2.75, 3.05) is 13.1 Å². The second-order valence-corrected chi connectivity index (χ2v) is 6.27. The molecule has 0 spiro atoms. The Labute approximate surface area is 140 Å². The van der Waals surface area contributed by atoms with E-state index in [0.717, 1.165) is 25.1 Å². The van der Waals surface area contributed by atoms with Crippen LogP contribution >= 0.6 is 0 Å². The zero-order valence-corrected chi connectivity index (χ0v) is 13.9. The number of benzene rings is 1. The molecular formula is C17H23F2N3O2. The van der Waals surface area contributed by atoms with E-state index in [0.29, 0.717) is 12.5 Å². The maximum atomic E-state index is 14.0. The molecule has 1 saturated heterocycles. The summed E-state index contributed by atoms with van der Waals surface area (Å²) in [5, 5.41) is 8.70. The van der Waals surface area contributed by atoms with Gasteiger partial charge in [-0.15, -0.1) is 0 Å². The number of nitrogens with one attached hydrogen (secondary N) is 3. The minimum absolute atomic E-state index is 0.00212. The third-order valence-corrected chi connectivity index (χ3v) is 4.28. The van der Waals surface area contributed by atoms with Crippen LogP contribution in [-0.4, -0.2) is 30.9 Å². The van der Waals surface area contributed by atoms with Gasteiger partial charge in [-0.3, -0.25) is 9.59 Å². The predicted molar refractivity (Wildman–Crippen MR) is 86.1 cm³/mol. The molecule has 5 nitrogen and oxygen atoms in total. The van der Waals surface area contributed by atoms with Gasteiger partial charge >= 0.3 is 0 Å². The van der Waals surface area contributed by atoms with Crippen LogP contribution in [0.15, 0.2) is 18.2 Å². The van der Waals surface area contributed by atoms with Crippen LogP contribution in [-0.2, 0) is 9.59 Å². The van der Waals surface area contributed by atoms with E-state index < -0.39 is 17.7 Å². The van der Waals surface area contributed by atoms with Crippen LogP contribution in [0.3, 0.4) is 0 Å². The molecule has 2 rings (SSSR count). The number of carbonyl (C=O) groups excluding carboxylic acids is 2. The van der Waals surface area contributed by atoms with Crippen molar-refractivity contribution in [2.45, 2.75) is 38.8 Å². The SMILES string of the molecule is CC(=O)NC(CC(=O)NC1CNCCC1C)c1ccc(F)cc1F. The molecule has 132 valence electrons. The summed E-state index contributed by atoms with van der Waals surface area (Å²) in [4.78, 5) is 23.7. The molecular weight excluding hydrogens is 316 g/mol. The number of rotatable bonds is 5. The van der Waals surface area contributed by atoms with Gasteiger partial charge in [-0.25, -0.2) is 8.78 Å². The Hall–Kier alpha value is -2.02. The molecule has 3 unspecified atom stereocenters. The van der Waals surface area contributed by atoms with Gasteiger partial charge in [-0.2, -0.15) is 0 Å². The molecule has 1 aliphatic rings. The lowest BCUT2D eigenvalue weighted by Gasteiger charge is -2.31. The van der Waals surface area contributed by atoms with Crippen LogP contribution < -0.4 is 16.0 Å². The third kappa shape index (κ3) is 4.99. The molecule has 7 heteroatoms.